The molecule has 1 atom stereocenters. The van der Waals surface area contributed by atoms with Gasteiger partial charge in [-0.15, -0.1) is 0 Å². The van der Waals surface area contributed by atoms with Crippen molar-refractivity contribution in [3.05, 3.63) is 63.1 Å². The molecule has 11 nitrogen and oxygen atoms in total. The first kappa shape index (κ1) is 24.2. The van der Waals surface area contributed by atoms with Gasteiger partial charge < -0.3 is 9.88 Å². The monoisotopic (exact) mass is 500 g/mol. The van der Waals surface area contributed by atoms with Crippen molar-refractivity contribution in [3.63, 3.8) is 0 Å². The molecule has 0 saturated carbocycles. The zero-order valence-electron chi connectivity index (χ0n) is 20.8. The summed E-state index contributed by atoms with van der Waals surface area (Å²) in [5.41, 5.74) is 1.98. The number of aromatic amines is 1. The molecule has 1 unspecified atom stereocenters. The molecule has 0 radical (unpaired) electrons. The SMILES string of the molecule is CCCn1c(=O)c2[nH]c(-c3cnn(CC4CC(=O)N(c5ccc(C#N)cc5)C4)c3)nc2n(CCC)c1=O. The van der Waals surface area contributed by atoms with Gasteiger partial charge in [0.25, 0.3) is 5.56 Å². The lowest BCUT2D eigenvalue weighted by Crippen LogP contribution is -2.40. The van der Waals surface area contributed by atoms with Gasteiger partial charge in [0.2, 0.25) is 5.91 Å². The quantitative estimate of drug-likeness (QED) is 0.395. The molecule has 0 bridgehead atoms. The van der Waals surface area contributed by atoms with Crippen LogP contribution in [0.15, 0.2) is 46.2 Å². The minimum atomic E-state index is -0.368. The highest BCUT2D eigenvalue weighted by Crippen LogP contribution is 2.27. The molecule has 1 amide bonds. The number of nitrogens with one attached hydrogen (secondary N) is 1. The maximum atomic E-state index is 13.0. The van der Waals surface area contributed by atoms with Crippen LogP contribution in [-0.4, -0.2) is 41.3 Å². The van der Waals surface area contributed by atoms with Crippen LogP contribution in [0.5, 0.6) is 0 Å². The van der Waals surface area contributed by atoms with E-state index in [-0.39, 0.29) is 23.1 Å². The number of H-pyrrole nitrogens is 1. The first-order chi connectivity index (χ1) is 17.9. The Labute approximate surface area is 212 Å². The van der Waals surface area contributed by atoms with Crippen LogP contribution >= 0.6 is 0 Å². The van der Waals surface area contributed by atoms with Crippen LogP contribution in [0.2, 0.25) is 0 Å². The first-order valence-corrected chi connectivity index (χ1v) is 12.5. The summed E-state index contributed by atoms with van der Waals surface area (Å²) in [7, 11) is 0. The molecule has 0 spiro atoms. The summed E-state index contributed by atoms with van der Waals surface area (Å²) < 4.78 is 4.59. The number of nitrogens with zero attached hydrogens (tertiary/aromatic N) is 7. The lowest BCUT2D eigenvalue weighted by atomic mass is 10.1. The van der Waals surface area contributed by atoms with E-state index in [0.717, 1.165) is 12.1 Å². The van der Waals surface area contributed by atoms with Crippen LogP contribution in [0, 0.1) is 17.2 Å². The Bertz CT molecular complexity index is 1620. The van der Waals surface area contributed by atoms with E-state index in [9.17, 15) is 14.4 Å². The number of carbonyl (C=O) groups excluding carboxylic acids is 1. The molecule has 1 aliphatic heterocycles. The predicted molar refractivity (Wildman–Crippen MR) is 138 cm³/mol. The molecular weight excluding hydrogens is 472 g/mol. The highest BCUT2D eigenvalue weighted by Gasteiger charge is 2.31. The fraction of sp³-hybridized carbons (Fsp3) is 0.385. The minimum Gasteiger partial charge on any atom is -0.332 e. The van der Waals surface area contributed by atoms with Gasteiger partial charge in [-0.05, 0) is 37.1 Å². The fourth-order valence-corrected chi connectivity index (χ4v) is 4.87. The van der Waals surface area contributed by atoms with Crippen molar-refractivity contribution in [2.45, 2.75) is 52.7 Å². The van der Waals surface area contributed by atoms with Crippen molar-refractivity contribution in [2.75, 3.05) is 11.4 Å². The van der Waals surface area contributed by atoms with Gasteiger partial charge in [-0.2, -0.15) is 10.4 Å². The number of anilines is 1. The number of aryl methyl sites for hydroxylation is 1. The zero-order chi connectivity index (χ0) is 26.1. The van der Waals surface area contributed by atoms with Crippen LogP contribution in [0.4, 0.5) is 5.69 Å². The van der Waals surface area contributed by atoms with E-state index < -0.39 is 0 Å². The summed E-state index contributed by atoms with van der Waals surface area (Å²) in [6.07, 6.45) is 5.31. The van der Waals surface area contributed by atoms with Crippen molar-refractivity contribution >= 4 is 22.8 Å². The van der Waals surface area contributed by atoms with Gasteiger partial charge in [-0.3, -0.25) is 23.4 Å². The minimum absolute atomic E-state index is 0.0385. The Kier molecular flexibility index (Phi) is 6.48. The fourth-order valence-electron chi connectivity index (χ4n) is 4.87. The zero-order valence-corrected chi connectivity index (χ0v) is 20.8. The van der Waals surface area contributed by atoms with Gasteiger partial charge in [-0.25, -0.2) is 9.78 Å². The summed E-state index contributed by atoms with van der Waals surface area (Å²) in [6, 6.07) is 9.09. The van der Waals surface area contributed by atoms with Crippen LogP contribution in [0.25, 0.3) is 22.6 Å². The Morgan fingerprint density at radius 2 is 1.81 bits per heavy atom. The lowest BCUT2D eigenvalue weighted by molar-refractivity contribution is -0.117. The van der Waals surface area contributed by atoms with Crippen molar-refractivity contribution in [3.8, 4) is 17.5 Å². The molecule has 1 aromatic carbocycles. The summed E-state index contributed by atoms with van der Waals surface area (Å²) in [6.45, 7) is 5.82. The average molecular weight is 501 g/mol. The number of nitriles is 1. The Morgan fingerprint density at radius 1 is 1.08 bits per heavy atom. The number of imidazole rings is 1. The number of fused-ring (bicyclic) bond motifs is 1. The van der Waals surface area contributed by atoms with E-state index in [1.807, 2.05) is 20.0 Å². The molecule has 1 aliphatic rings. The molecule has 1 fully saturated rings. The summed E-state index contributed by atoms with van der Waals surface area (Å²) in [4.78, 5) is 48.0. The van der Waals surface area contributed by atoms with E-state index in [1.165, 1.54) is 4.57 Å². The number of rotatable bonds is 8. The standard InChI is InChI=1S/C26H28N8O3/c1-3-9-32-24-22(25(36)33(10-4-2)26(32)37)29-23(30-24)19-13-28-31(16-19)14-18-11-21(35)34(15-18)20-7-5-17(12-27)6-8-20/h5-8,13,16,18H,3-4,9-11,14-15H2,1-2H3,(H,29,30). The molecule has 11 heteroatoms. The highest BCUT2D eigenvalue weighted by molar-refractivity contribution is 5.95. The van der Waals surface area contributed by atoms with Gasteiger partial charge in [0.1, 0.15) is 11.3 Å². The molecular formula is C26H28N8O3. The number of aromatic nitrogens is 6. The average Bonchev–Trinajstić information content (AvgIpc) is 3.63. The second-order valence-corrected chi connectivity index (χ2v) is 9.36. The van der Waals surface area contributed by atoms with E-state index in [1.54, 1.807) is 44.6 Å². The molecule has 1 saturated heterocycles. The summed E-state index contributed by atoms with van der Waals surface area (Å²) in [5.74, 6) is 0.581. The molecule has 0 aliphatic carbocycles. The number of hydrogen-bond donors (Lipinski definition) is 1. The largest absolute Gasteiger partial charge is 0.332 e. The molecule has 1 N–H and O–H groups in total. The van der Waals surface area contributed by atoms with E-state index in [2.05, 4.69) is 21.1 Å². The Hall–Kier alpha value is -4.46. The molecule has 190 valence electrons. The molecule has 4 aromatic rings. The number of hydrogen-bond acceptors (Lipinski definition) is 6. The van der Waals surface area contributed by atoms with Crippen LogP contribution in [0.3, 0.4) is 0 Å². The highest BCUT2D eigenvalue weighted by atomic mass is 16.2. The van der Waals surface area contributed by atoms with Crippen LogP contribution < -0.4 is 16.1 Å². The van der Waals surface area contributed by atoms with Crippen molar-refractivity contribution in [1.29, 1.82) is 5.26 Å². The third kappa shape index (κ3) is 4.46. The summed E-state index contributed by atoms with van der Waals surface area (Å²) in [5, 5.41) is 13.5. The van der Waals surface area contributed by atoms with Gasteiger partial charge in [0, 0.05) is 50.4 Å². The molecule has 37 heavy (non-hydrogen) atoms. The van der Waals surface area contributed by atoms with Gasteiger partial charge in [0.15, 0.2) is 5.65 Å². The molecule has 4 heterocycles. The van der Waals surface area contributed by atoms with Crippen molar-refractivity contribution < 1.29 is 4.79 Å². The Balaban J connectivity index is 1.38. The van der Waals surface area contributed by atoms with E-state index >= 15 is 0 Å². The Morgan fingerprint density at radius 3 is 2.51 bits per heavy atom. The number of amides is 1. The maximum Gasteiger partial charge on any atom is 0.332 e. The van der Waals surface area contributed by atoms with E-state index in [0.29, 0.717) is 67.1 Å². The maximum absolute atomic E-state index is 13.0. The lowest BCUT2D eigenvalue weighted by Gasteiger charge is -2.16. The number of carbonyl (C=O) groups is 1. The van der Waals surface area contributed by atoms with Crippen LogP contribution in [0.1, 0.15) is 38.7 Å². The number of benzene rings is 1. The topological polar surface area (TPSA) is 135 Å². The van der Waals surface area contributed by atoms with E-state index in [4.69, 9.17) is 5.26 Å². The van der Waals surface area contributed by atoms with Gasteiger partial charge in [0.05, 0.1) is 23.4 Å². The third-order valence-corrected chi connectivity index (χ3v) is 6.62. The normalized spacial score (nSPS) is 15.5. The first-order valence-electron chi connectivity index (χ1n) is 12.5. The molecule has 5 rings (SSSR count). The predicted octanol–water partition coefficient (Wildman–Crippen LogP) is 2.49. The molecule has 3 aromatic heterocycles. The second kappa shape index (κ2) is 9.89. The smallest absolute Gasteiger partial charge is 0.332 e. The van der Waals surface area contributed by atoms with Crippen LogP contribution in [-0.2, 0) is 24.4 Å². The van der Waals surface area contributed by atoms with Gasteiger partial charge >= 0.3 is 5.69 Å². The second-order valence-electron chi connectivity index (χ2n) is 9.36. The van der Waals surface area contributed by atoms with Crippen molar-refractivity contribution in [2.24, 2.45) is 5.92 Å². The summed E-state index contributed by atoms with van der Waals surface area (Å²) >= 11 is 0. The van der Waals surface area contributed by atoms with Gasteiger partial charge in [-0.1, -0.05) is 13.8 Å². The van der Waals surface area contributed by atoms with Crippen molar-refractivity contribution in [1.82, 2.24) is 28.9 Å². The third-order valence-electron chi connectivity index (χ3n) is 6.62.